The predicted octanol–water partition coefficient (Wildman–Crippen LogP) is 2.99. The molecule has 2 saturated heterocycles. The molecule has 2 bridgehead atoms. The summed E-state index contributed by atoms with van der Waals surface area (Å²) in [7, 11) is 2.31. The molecule has 0 radical (unpaired) electrons. The molecule has 0 aliphatic carbocycles. The van der Waals surface area contributed by atoms with Crippen molar-refractivity contribution in [3.8, 4) is 0 Å². The molecule has 2 fully saturated rings. The van der Waals surface area contributed by atoms with E-state index in [0.717, 1.165) is 24.7 Å². The number of benzene rings is 1. The van der Waals surface area contributed by atoms with Gasteiger partial charge in [0.2, 0.25) is 0 Å². The predicted molar refractivity (Wildman–Crippen MR) is 82.8 cm³/mol. The van der Waals surface area contributed by atoms with E-state index in [-0.39, 0.29) is 0 Å². The minimum Gasteiger partial charge on any atom is -0.313 e. The van der Waals surface area contributed by atoms with E-state index in [9.17, 15) is 0 Å². The van der Waals surface area contributed by atoms with Crippen LogP contribution < -0.4 is 5.32 Å². The Balaban J connectivity index is 1.37. The lowest BCUT2D eigenvalue weighted by molar-refractivity contribution is 0.150. The SMILES string of the molecule is CN1C2CCC1CC(NCCSc1ccccc1)C2. The quantitative estimate of drug-likeness (QED) is 0.657. The maximum atomic E-state index is 3.77. The summed E-state index contributed by atoms with van der Waals surface area (Å²) in [5, 5.41) is 3.77. The van der Waals surface area contributed by atoms with E-state index in [4.69, 9.17) is 0 Å². The first-order valence-corrected chi connectivity index (χ1v) is 8.44. The Labute approximate surface area is 121 Å². The summed E-state index contributed by atoms with van der Waals surface area (Å²) in [4.78, 5) is 3.99. The van der Waals surface area contributed by atoms with Crippen LogP contribution in [0.4, 0.5) is 0 Å². The molecule has 0 saturated carbocycles. The summed E-state index contributed by atoms with van der Waals surface area (Å²) in [5.41, 5.74) is 0. The third kappa shape index (κ3) is 3.33. The summed E-state index contributed by atoms with van der Waals surface area (Å²) in [6.07, 6.45) is 5.53. The molecule has 2 unspecified atom stereocenters. The zero-order valence-corrected chi connectivity index (χ0v) is 12.5. The van der Waals surface area contributed by atoms with Crippen LogP contribution in [-0.4, -0.2) is 42.4 Å². The minimum atomic E-state index is 0.755. The highest BCUT2D eigenvalue weighted by Crippen LogP contribution is 2.34. The second-order valence-corrected chi connectivity index (χ2v) is 7.00. The first kappa shape index (κ1) is 13.5. The first-order valence-electron chi connectivity index (χ1n) is 7.46. The fourth-order valence-corrected chi connectivity index (χ4v) is 4.33. The molecule has 1 aromatic carbocycles. The van der Waals surface area contributed by atoms with Gasteiger partial charge in [0.25, 0.3) is 0 Å². The van der Waals surface area contributed by atoms with Gasteiger partial charge in [0, 0.05) is 35.3 Å². The third-order valence-electron chi connectivity index (χ3n) is 4.65. The second-order valence-electron chi connectivity index (χ2n) is 5.83. The number of nitrogens with zero attached hydrogens (tertiary/aromatic N) is 1. The molecule has 2 aliphatic rings. The van der Waals surface area contributed by atoms with E-state index in [2.05, 4.69) is 47.6 Å². The lowest BCUT2D eigenvalue weighted by Gasteiger charge is -2.36. The summed E-state index contributed by atoms with van der Waals surface area (Å²) in [6.45, 7) is 1.13. The molecule has 1 N–H and O–H groups in total. The van der Waals surface area contributed by atoms with Gasteiger partial charge in [0.05, 0.1) is 0 Å². The highest BCUT2D eigenvalue weighted by molar-refractivity contribution is 7.99. The first-order chi connectivity index (χ1) is 9.33. The van der Waals surface area contributed by atoms with Gasteiger partial charge < -0.3 is 10.2 Å². The zero-order valence-electron chi connectivity index (χ0n) is 11.7. The van der Waals surface area contributed by atoms with Gasteiger partial charge in [-0.2, -0.15) is 0 Å². The van der Waals surface area contributed by atoms with Crippen LogP contribution in [0.2, 0.25) is 0 Å². The molecule has 2 heterocycles. The van der Waals surface area contributed by atoms with Gasteiger partial charge in [-0.1, -0.05) is 18.2 Å². The Hall–Kier alpha value is -0.510. The van der Waals surface area contributed by atoms with Crippen molar-refractivity contribution in [2.45, 2.75) is 48.7 Å². The van der Waals surface area contributed by atoms with Crippen LogP contribution in [0.3, 0.4) is 0 Å². The summed E-state index contributed by atoms with van der Waals surface area (Å²) >= 11 is 1.95. The number of nitrogens with one attached hydrogen (secondary N) is 1. The van der Waals surface area contributed by atoms with E-state index >= 15 is 0 Å². The number of thioether (sulfide) groups is 1. The van der Waals surface area contributed by atoms with E-state index in [0.29, 0.717) is 0 Å². The fourth-order valence-electron chi connectivity index (χ4n) is 3.53. The van der Waals surface area contributed by atoms with Crippen molar-refractivity contribution < 1.29 is 0 Å². The smallest absolute Gasteiger partial charge is 0.0111 e. The molecular weight excluding hydrogens is 252 g/mol. The molecule has 2 nitrogen and oxygen atoms in total. The molecule has 3 rings (SSSR count). The lowest BCUT2D eigenvalue weighted by Crippen LogP contribution is -2.47. The van der Waals surface area contributed by atoms with Gasteiger partial charge in [-0.05, 0) is 44.9 Å². The molecule has 2 atom stereocenters. The van der Waals surface area contributed by atoms with E-state index < -0.39 is 0 Å². The molecule has 104 valence electrons. The largest absolute Gasteiger partial charge is 0.313 e. The summed E-state index contributed by atoms with van der Waals surface area (Å²) in [5.74, 6) is 1.17. The van der Waals surface area contributed by atoms with Crippen LogP contribution in [0.1, 0.15) is 25.7 Å². The highest BCUT2D eigenvalue weighted by Gasteiger charge is 2.37. The van der Waals surface area contributed by atoms with Gasteiger partial charge >= 0.3 is 0 Å². The number of hydrogen-bond donors (Lipinski definition) is 1. The molecule has 0 aromatic heterocycles. The number of piperidine rings is 1. The molecule has 2 aliphatic heterocycles. The van der Waals surface area contributed by atoms with Gasteiger partial charge in [0.1, 0.15) is 0 Å². The van der Waals surface area contributed by atoms with Crippen molar-refractivity contribution in [2.24, 2.45) is 0 Å². The highest BCUT2D eigenvalue weighted by atomic mass is 32.2. The Morgan fingerprint density at radius 2 is 1.84 bits per heavy atom. The van der Waals surface area contributed by atoms with Gasteiger partial charge in [0.15, 0.2) is 0 Å². The Bertz CT molecular complexity index is 381. The van der Waals surface area contributed by atoms with Crippen molar-refractivity contribution in [3.05, 3.63) is 30.3 Å². The monoisotopic (exact) mass is 276 g/mol. The zero-order chi connectivity index (χ0) is 13.1. The molecule has 0 spiro atoms. The van der Waals surface area contributed by atoms with E-state index in [1.807, 2.05) is 11.8 Å². The number of rotatable bonds is 5. The van der Waals surface area contributed by atoms with Crippen LogP contribution in [-0.2, 0) is 0 Å². The van der Waals surface area contributed by atoms with Crippen molar-refractivity contribution in [1.29, 1.82) is 0 Å². The molecule has 19 heavy (non-hydrogen) atoms. The maximum Gasteiger partial charge on any atom is 0.0111 e. The van der Waals surface area contributed by atoms with Crippen LogP contribution in [0.25, 0.3) is 0 Å². The summed E-state index contributed by atoms with van der Waals surface area (Å²) < 4.78 is 0. The van der Waals surface area contributed by atoms with Gasteiger partial charge in [-0.15, -0.1) is 11.8 Å². The second kappa shape index (κ2) is 6.29. The topological polar surface area (TPSA) is 15.3 Å². The van der Waals surface area contributed by atoms with Crippen LogP contribution >= 0.6 is 11.8 Å². The molecule has 1 aromatic rings. The van der Waals surface area contributed by atoms with E-state index in [1.54, 1.807) is 0 Å². The maximum absolute atomic E-state index is 3.77. The summed E-state index contributed by atoms with van der Waals surface area (Å²) in [6, 6.07) is 13.1. The average molecular weight is 276 g/mol. The number of hydrogen-bond acceptors (Lipinski definition) is 3. The van der Waals surface area contributed by atoms with Crippen molar-refractivity contribution in [2.75, 3.05) is 19.3 Å². The van der Waals surface area contributed by atoms with Crippen LogP contribution in [0.15, 0.2) is 35.2 Å². The third-order valence-corrected chi connectivity index (χ3v) is 5.66. The van der Waals surface area contributed by atoms with Crippen molar-refractivity contribution >= 4 is 11.8 Å². The fraction of sp³-hybridized carbons (Fsp3) is 0.625. The van der Waals surface area contributed by atoms with Crippen molar-refractivity contribution in [1.82, 2.24) is 10.2 Å². The average Bonchev–Trinajstić information content (AvgIpc) is 2.67. The molecular formula is C16H24N2S. The lowest BCUT2D eigenvalue weighted by atomic mass is 9.98. The molecule has 0 amide bonds. The van der Waals surface area contributed by atoms with Crippen molar-refractivity contribution in [3.63, 3.8) is 0 Å². The molecule has 3 heteroatoms. The van der Waals surface area contributed by atoms with Gasteiger partial charge in [-0.3, -0.25) is 0 Å². The van der Waals surface area contributed by atoms with Gasteiger partial charge in [-0.25, -0.2) is 0 Å². The minimum absolute atomic E-state index is 0.755. The van der Waals surface area contributed by atoms with Crippen LogP contribution in [0.5, 0.6) is 0 Å². The Morgan fingerprint density at radius 1 is 1.16 bits per heavy atom. The standard InChI is InChI=1S/C16H24N2S/c1-18-14-7-8-15(18)12-13(11-14)17-9-10-19-16-5-3-2-4-6-16/h2-6,13-15,17H,7-12H2,1H3. The van der Waals surface area contributed by atoms with Crippen LogP contribution in [0, 0.1) is 0 Å². The Kier molecular flexibility index (Phi) is 4.46. The normalized spacial score (nSPS) is 30.7. The number of fused-ring (bicyclic) bond motifs is 2. The van der Waals surface area contributed by atoms with E-state index in [1.165, 1.54) is 36.3 Å². The Morgan fingerprint density at radius 3 is 2.53 bits per heavy atom.